The number of sulfonamides is 1. The number of amides is 1. The highest BCUT2D eigenvalue weighted by atomic mass is 32.2. The van der Waals surface area contributed by atoms with Gasteiger partial charge < -0.3 is 14.3 Å². The maximum Gasteiger partial charge on any atom is 0.282 e. The predicted octanol–water partition coefficient (Wildman–Crippen LogP) is 3.97. The first-order valence-electron chi connectivity index (χ1n) is 11.6. The van der Waals surface area contributed by atoms with Gasteiger partial charge in [0.1, 0.15) is 23.1 Å². The molecule has 0 radical (unpaired) electrons. The first kappa shape index (κ1) is 26.1. The van der Waals surface area contributed by atoms with E-state index >= 15 is 0 Å². The van der Waals surface area contributed by atoms with E-state index in [1.54, 1.807) is 18.2 Å². The molecule has 1 aliphatic heterocycles. The van der Waals surface area contributed by atoms with Crippen LogP contribution in [0.1, 0.15) is 35.5 Å². The second-order valence-corrected chi connectivity index (χ2v) is 9.99. The highest BCUT2D eigenvalue weighted by Crippen LogP contribution is 2.39. The number of fused-ring (bicyclic) bond motifs is 2. The number of benzene rings is 2. The summed E-state index contributed by atoms with van der Waals surface area (Å²) in [6, 6.07) is 9.61. The van der Waals surface area contributed by atoms with Crippen molar-refractivity contribution < 1.29 is 26.7 Å². The normalized spacial score (nSPS) is 12.5. The molecule has 3 heterocycles. The van der Waals surface area contributed by atoms with Crippen molar-refractivity contribution in [2.75, 3.05) is 12.9 Å². The number of ether oxygens (including phenoxy) is 1. The molecule has 0 fully saturated rings. The molecule has 0 aliphatic carbocycles. The molecule has 0 saturated heterocycles. The van der Waals surface area contributed by atoms with Gasteiger partial charge in [0.05, 0.1) is 24.9 Å². The summed E-state index contributed by atoms with van der Waals surface area (Å²) in [5, 5.41) is 0.448. The summed E-state index contributed by atoms with van der Waals surface area (Å²) in [4.78, 5) is 28.7. The van der Waals surface area contributed by atoms with Crippen LogP contribution < -0.4 is 15.0 Å². The van der Waals surface area contributed by atoms with Crippen molar-refractivity contribution in [1.82, 2.24) is 14.3 Å². The van der Waals surface area contributed by atoms with Gasteiger partial charge in [0, 0.05) is 40.8 Å². The van der Waals surface area contributed by atoms with Gasteiger partial charge in [0.25, 0.3) is 11.5 Å². The Morgan fingerprint density at radius 2 is 1.92 bits per heavy atom. The summed E-state index contributed by atoms with van der Waals surface area (Å²) in [6.45, 7) is 4.23. The minimum atomic E-state index is -3.98. The number of halogens is 2. The minimum Gasteiger partial charge on any atom is -0.493 e. The van der Waals surface area contributed by atoms with E-state index in [4.69, 9.17) is 4.74 Å². The van der Waals surface area contributed by atoms with Gasteiger partial charge in [-0.25, -0.2) is 21.9 Å². The van der Waals surface area contributed by atoms with E-state index in [1.807, 2.05) is 18.6 Å². The number of nitrogens with one attached hydrogen (secondary N) is 2. The van der Waals surface area contributed by atoms with Gasteiger partial charge in [-0.05, 0) is 35.9 Å². The van der Waals surface area contributed by atoms with Gasteiger partial charge in [0.15, 0.2) is 0 Å². The quantitative estimate of drug-likeness (QED) is 0.407. The zero-order valence-corrected chi connectivity index (χ0v) is 21.2. The number of aromatic nitrogens is 2. The van der Waals surface area contributed by atoms with Crippen LogP contribution in [0.4, 0.5) is 8.78 Å². The number of hydrogen-bond acceptors (Lipinski definition) is 5. The van der Waals surface area contributed by atoms with Crippen LogP contribution in [-0.2, 0) is 23.0 Å². The maximum absolute atomic E-state index is 14.6. The van der Waals surface area contributed by atoms with E-state index in [-0.39, 0.29) is 28.9 Å². The van der Waals surface area contributed by atoms with Crippen molar-refractivity contribution >= 4 is 26.8 Å². The molecular weight excluding hydrogens is 504 g/mol. The fraction of sp³-hybridized carbons (Fsp3) is 0.231. The smallest absolute Gasteiger partial charge is 0.282 e. The van der Waals surface area contributed by atoms with Gasteiger partial charge in [0.2, 0.25) is 10.0 Å². The second-order valence-electron chi connectivity index (χ2n) is 8.24. The second kappa shape index (κ2) is 10.2. The Labute approximate surface area is 211 Å². The van der Waals surface area contributed by atoms with Crippen LogP contribution in [0.25, 0.3) is 22.0 Å². The first-order chi connectivity index (χ1) is 17.6. The number of H-pyrrole nitrogens is 1. The Hall–Kier alpha value is -3.99. The molecule has 37 heavy (non-hydrogen) atoms. The molecule has 0 saturated carbocycles. The summed E-state index contributed by atoms with van der Waals surface area (Å²) >= 11 is 0. The van der Waals surface area contributed by atoms with Crippen molar-refractivity contribution in [3.8, 4) is 16.9 Å². The highest BCUT2D eigenvalue weighted by molar-refractivity contribution is 7.89. The first-order valence-corrected chi connectivity index (χ1v) is 13.5. The molecule has 194 valence electrons. The molecule has 2 N–H and O–H groups in total. The van der Waals surface area contributed by atoms with Crippen LogP contribution in [0.3, 0.4) is 0 Å². The number of carbonyl (C=O) groups is 1. The third kappa shape index (κ3) is 5.12. The summed E-state index contributed by atoms with van der Waals surface area (Å²) in [5.74, 6) is -2.01. The van der Waals surface area contributed by atoms with Gasteiger partial charge in [-0.2, -0.15) is 0 Å². The molecule has 0 atom stereocenters. The molecule has 0 bridgehead atoms. The Morgan fingerprint density at radius 3 is 2.59 bits per heavy atom. The number of rotatable bonds is 5. The molecule has 2 aromatic heterocycles. The van der Waals surface area contributed by atoms with Crippen LogP contribution in [-0.4, -0.2) is 36.7 Å². The summed E-state index contributed by atoms with van der Waals surface area (Å²) in [6.07, 6.45) is 2.86. The lowest BCUT2D eigenvalue weighted by Crippen LogP contribution is -2.32. The largest absolute Gasteiger partial charge is 0.493 e. The van der Waals surface area contributed by atoms with Crippen LogP contribution in [0.5, 0.6) is 5.75 Å². The fourth-order valence-electron chi connectivity index (χ4n) is 4.35. The van der Waals surface area contributed by atoms with Gasteiger partial charge in [-0.1, -0.05) is 19.9 Å². The molecular formula is C26H25F2N3O5S. The molecule has 0 unspecified atom stereocenters. The van der Waals surface area contributed by atoms with Gasteiger partial charge >= 0.3 is 0 Å². The summed E-state index contributed by atoms with van der Waals surface area (Å²) in [5.41, 5.74) is 1.01. The Kier molecular flexibility index (Phi) is 7.17. The number of nitrogens with zero attached hydrogens (tertiary/aromatic N) is 1. The number of pyridine rings is 1. The maximum atomic E-state index is 14.6. The lowest BCUT2D eigenvalue weighted by atomic mass is 10.0. The van der Waals surface area contributed by atoms with Crippen LogP contribution in [0.2, 0.25) is 0 Å². The topological polar surface area (TPSA) is 110 Å². The molecule has 5 rings (SSSR count). The third-order valence-electron chi connectivity index (χ3n) is 5.80. The third-order valence-corrected chi connectivity index (χ3v) is 6.36. The molecule has 2 aromatic carbocycles. The highest BCUT2D eigenvalue weighted by Gasteiger charge is 2.29. The Balaban J connectivity index is 0.00000156. The van der Waals surface area contributed by atoms with E-state index in [0.29, 0.717) is 29.7 Å². The van der Waals surface area contributed by atoms with Crippen molar-refractivity contribution in [2.45, 2.75) is 26.8 Å². The lowest BCUT2D eigenvalue weighted by Gasteiger charge is -2.13. The van der Waals surface area contributed by atoms with E-state index < -0.39 is 33.1 Å². The average molecular weight is 530 g/mol. The summed E-state index contributed by atoms with van der Waals surface area (Å²) in [7, 11) is -3.98. The van der Waals surface area contributed by atoms with E-state index in [1.165, 1.54) is 22.9 Å². The number of hydrogen-bond donors (Lipinski definition) is 2. The van der Waals surface area contributed by atoms with Gasteiger partial charge in [-0.15, -0.1) is 0 Å². The van der Waals surface area contributed by atoms with Crippen molar-refractivity contribution in [1.29, 1.82) is 0 Å². The van der Waals surface area contributed by atoms with Crippen LogP contribution in [0.15, 0.2) is 53.5 Å². The molecule has 1 amide bonds. The molecule has 4 aromatic rings. The minimum absolute atomic E-state index is 0.0713. The molecule has 11 heteroatoms. The van der Waals surface area contributed by atoms with Crippen molar-refractivity contribution in [2.24, 2.45) is 0 Å². The zero-order valence-electron chi connectivity index (χ0n) is 20.4. The van der Waals surface area contributed by atoms with E-state index in [2.05, 4.69) is 4.98 Å². The van der Waals surface area contributed by atoms with Crippen molar-refractivity contribution in [3.05, 3.63) is 87.5 Å². The monoisotopic (exact) mass is 529 g/mol. The van der Waals surface area contributed by atoms with E-state index in [0.717, 1.165) is 24.0 Å². The Morgan fingerprint density at radius 1 is 1.16 bits per heavy atom. The van der Waals surface area contributed by atoms with Crippen molar-refractivity contribution in [3.63, 3.8) is 0 Å². The lowest BCUT2D eigenvalue weighted by molar-refractivity contribution is 0.0974. The number of aromatic amines is 1. The predicted molar refractivity (Wildman–Crippen MR) is 136 cm³/mol. The van der Waals surface area contributed by atoms with Crippen LogP contribution >= 0.6 is 0 Å². The average Bonchev–Trinajstić information content (AvgIpc) is 3.42. The van der Waals surface area contributed by atoms with Gasteiger partial charge in [-0.3, -0.25) is 9.59 Å². The standard InChI is InChI=1S/C24H19F2N3O5S.C2H6/c1-35(32,33)28-24(31)22-21(16-3-2-7-27-23(16)30)17-11-20-13(6-8-34-20)9-19(17)29(22)12-14-4-5-15(25)10-18(14)26;1-2/h2-5,7,9-11H,6,8,12H2,1H3,(H,27,30)(H,28,31);1-2H3. The molecule has 0 spiro atoms. The fourth-order valence-corrected chi connectivity index (χ4v) is 4.78. The zero-order chi connectivity index (χ0) is 26.9. The SMILES string of the molecule is CC.CS(=O)(=O)NC(=O)c1c(-c2ccc[nH]c2=O)c2cc3c(cc2n1Cc1ccc(F)cc1F)CCO3. The van der Waals surface area contributed by atoms with E-state index in [9.17, 15) is 26.8 Å². The Bertz CT molecular complexity index is 1680. The number of carbonyl (C=O) groups excluding carboxylic acids is 1. The molecule has 8 nitrogen and oxygen atoms in total. The molecule has 1 aliphatic rings. The summed E-state index contributed by atoms with van der Waals surface area (Å²) < 4.78 is 61.1. The van der Waals surface area contributed by atoms with Crippen LogP contribution in [0, 0.1) is 11.6 Å².